The second kappa shape index (κ2) is 4.21. The molecule has 1 aliphatic carbocycles. The Morgan fingerprint density at radius 2 is 1.89 bits per heavy atom. The highest BCUT2D eigenvalue weighted by Crippen LogP contribution is 2.39. The molecule has 0 saturated carbocycles. The van der Waals surface area contributed by atoms with E-state index in [0.29, 0.717) is 22.6 Å². The first-order chi connectivity index (χ1) is 8.66. The number of carbonyl (C=O) groups excluding carboxylic acids is 1. The molecule has 18 heavy (non-hydrogen) atoms. The van der Waals surface area contributed by atoms with Crippen molar-refractivity contribution in [2.45, 2.75) is 12.3 Å². The number of Topliss-reactive ketones (excluding diaryl/α,β-unsaturated/α-hetero) is 1. The van der Waals surface area contributed by atoms with E-state index >= 15 is 0 Å². The van der Waals surface area contributed by atoms with Gasteiger partial charge in [0.2, 0.25) is 0 Å². The van der Waals surface area contributed by atoms with Crippen LogP contribution in [0.5, 0.6) is 0 Å². The van der Waals surface area contributed by atoms with E-state index in [1.165, 1.54) is 6.07 Å². The van der Waals surface area contributed by atoms with Crippen LogP contribution in [-0.4, -0.2) is 5.78 Å². The third-order valence-corrected chi connectivity index (χ3v) is 3.60. The first kappa shape index (κ1) is 11.4. The zero-order chi connectivity index (χ0) is 12.7. The molecule has 2 aromatic carbocycles. The van der Waals surface area contributed by atoms with E-state index in [1.54, 1.807) is 30.3 Å². The van der Waals surface area contributed by atoms with Gasteiger partial charge in [0.05, 0.1) is 0 Å². The SMILES string of the molecule is O=C1CC(c2ccccc2F)c2ccc(Cl)cc21. The maximum atomic E-state index is 13.8. The lowest BCUT2D eigenvalue weighted by molar-refractivity contribution is 0.0991. The van der Waals surface area contributed by atoms with Gasteiger partial charge in [-0.2, -0.15) is 0 Å². The number of halogens is 2. The van der Waals surface area contributed by atoms with E-state index in [0.717, 1.165) is 5.56 Å². The Morgan fingerprint density at radius 3 is 2.67 bits per heavy atom. The zero-order valence-corrected chi connectivity index (χ0v) is 10.2. The lowest BCUT2D eigenvalue weighted by atomic mass is 9.93. The Bertz CT molecular complexity index is 636. The van der Waals surface area contributed by atoms with Crippen LogP contribution in [0.1, 0.15) is 33.8 Å². The summed E-state index contributed by atoms with van der Waals surface area (Å²) in [6.07, 6.45) is 0.316. The maximum absolute atomic E-state index is 13.8. The summed E-state index contributed by atoms with van der Waals surface area (Å²) in [5.41, 5.74) is 2.07. The molecule has 0 amide bonds. The summed E-state index contributed by atoms with van der Waals surface area (Å²) < 4.78 is 13.8. The molecule has 3 heteroatoms. The van der Waals surface area contributed by atoms with Gasteiger partial charge < -0.3 is 0 Å². The third-order valence-electron chi connectivity index (χ3n) is 3.36. The molecule has 0 bridgehead atoms. The summed E-state index contributed by atoms with van der Waals surface area (Å²) in [5.74, 6) is -0.426. The van der Waals surface area contributed by atoms with Gasteiger partial charge in [0.1, 0.15) is 5.82 Å². The van der Waals surface area contributed by atoms with Crippen LogP contribution in [0.3, 0.4) is 0 Å². The molecule has 0 heterocycles. The van der Waals surface area contributed by atoms with Gasteiger partial charge in [-0.25, -0.2) is 4.39 Å². The molecule has 0 radical (unpaired) electrons. The van der Waals surface area contributed by atoms with Crippen LogP contribution in [0.4, 0.5) is 4.39 Å². The minimum Gasteiger partial charge on any atom is -0.294 e. The van der Waals surface area contributed by atoms with Crippen LogP contribution in [0.2, 0.25) is 5.02 Å². The van der Waals surface area contributed by atoms with E-state index < -0.39 is 0 Å². The summed E-state index contributed by atoms with van der Waals surface area (Å²) in [5, 5.41) is 0.538. The molecule has 3 rings (SSSR count). The van der Waals surface area contributed by atoms with Crippen molar-refractivity contribution >= 4 is 17.4 Å². The Labute approximate surface area is 109 Å². The van der Waals surface area contributed by atoms with Gasteiger partial charge in [0.15, 0.2) is 5.78 Å². The predicted molar refractivity (Wildman–Crippen MR) is 68.6 cm³/mol. The molecule has 0 saturated heterocycles. The normalized spacial score (nSPS) is 17.9. The molecule has 0 fully saturated rings. The average molecular weight is 261 g/mol. The number of carbonyl (C=O) groups is 1. The Hall–Kier alpha value is -1.67. The molecule has 0 aromatic heterocycles. The Balaban J connectivity index is 2.14. The van der Waals surface area contributed by atoms with Crippen LogP contribution >= 0.6 is 11.6 Å². The molecule has 0 spiro atoms. The first-order valence-corrected chi connectivity index (χ1v) is 6.11. The number of rotatable bonds is 1. The van der Waals surface area contributed by atoms with Crippen LogP contribution in [0.15, 0.2) is 42.5 Å². The van der Waals surface area contributed by atoms with E-state index in [2.05, 4.69) is 0 Å². The molecule has 1 unspecified atom stereocenters. The summed E-state index contributed by atoms with van der Waals surface area (Å²) in [6, 6.07) is 11.8. The van der Waals surface area contributed by atoms with Crippen molar-refractivity contribution in [2.75, 3.05) is 0 Å². The van der Waals surface area contributed by atoms with Gasteiger partial charge in [0.25, 0.3) is 0 Å². The largest absolute Gasteiger partial charge is 0.294 e. The van der Waals surface area contributed by atoms with Crippen molar-refractivity contribution < 1.29 is 9.18 Å². The molecular weight excluding hydrogens is 251 g/mol. The van der Waals surface area contributed by atoms with Gasteiger partial charge in [-0.3, -0.25) is 4.79 Å². The number of hydrogen-bond donors (Lipinski definition) is 0. The fourth-order valence-electron chi connectivity index (χ4n) is 2.51. The summed E-state index contributed by atoms with van der Waals surface area (Å²) in [6.45, 7) is 0. The van der Waals surface area contributed by atoms with Crippen LogP contribution in [0.25, 0.3) is 0 Å². The summed E-state index contributed by atoms with van der Waals surface area (Å²) in [7, 11) is 0. The fraction of sp³-hybridized carbons (Fsp3) is 0.133. The van der Waals surface area contributed by atoms with Gasteiger partial charge in [0, 0.05) is 22.9 Å². The third kappa shape index (κ3) is 1.73. The van der Waals surface area contributed by atoms with Gasteiger partial charge >= 0.3 is 0 Å². The van der Waals surface area contributed by atoms with Crippen molar-refractivity contribution in [3.8, 4) is 0 Å². The fourth-order valence-corrected chi connectivity index (χ4v) is 2.69. The number of hydrogen-bond acceptors (Lipinski definition) is 1. The lowest BCUT2D eigenvalue weighted by Gasteiger charge is -2.12. The van der Waals surface area contributed by atoms with Crippen molar-refractivity contribution in [3.63, 3.8) is 0 Å². The van der Waals surface area contributed by atoms with Crippen LogP contribution < -0.4 is 0 Å². The highest BCUT2D eigenvalue weighted by atomic mass is 35.5. The zero-order valence-electron chi connectivity index (χ0n) is 9.49. The molecule has 0 aliphatic heterocycles. The predicted octanol–water partition coefficient (Wildman–Crippen LogP) is 4.20. The second-order valence-electron chi connectivity index (χ2n) is 4.43. The monoisotopic (exact) mass is 260 g/mol. The van der Waals surface area contributed by atoms with Gasteiger partial charge in [-0.1, -0.05) is 35.9 Å². The topological polar surface area (TPSA) is 17.1 Å². The van der Waals surface area contributed by atoms with Crippen LogP contribution in [-0.2, 0) is 0 Å². The summed E-state index contributed by atoms with van der Waals surface area (Å²) >= 11 is 5.89. The second-order valence-corrected chi connectivity index (χ2v) is 4.87. The highest BCUT2D eigenvalue weighted by Gasteiger charge is 2.31. The molecule has 2 aromatic rings. The molecule has 0 N–H and O–H groups in total. The minimum atomic E-state index is -0.266. The molecule has 90 valence electrons. The van der Waals surface area contributed by atoms with Gasteiger partial charge in [-0.05, 0) is 29.3 Å². The molecular formula is C15H10ClFO. The van der Waals surface area contributed by atoms with Crippen molar-refractivity contribution in [3.05, 3.63) is 70.0 Å². The maximum Gasteiger partial charge on any atom is 0.164 e. The van der Waals surface area contributed by atoms with E-state index in [1.807, 2.05) is 6.07 Å². The minimum absolute atomic E-state index is 0.0285. The Kier molecular flexibility index (Phi) is 2.67. The van der Waals surface area contributed by atoms with Gasteiger partial charge in [-0.15, -0.1) is 0 Å². The number of benzene rings is 2. The lowest BCUT2D eigenvalue weighted by Crippen LogP contribution is -1.99. The van der Waals surface area contributed by atoms with Crippen molar-refractivity contribution in [1.82, 2.24) is 0 Å². The molecule has 1 aliphatic rings. The standard InChI is InChI=1S/C15H10ClFO/c16-9-5-6-10-12(8-15(18)13(10)7-9)11-3-1-2-4-14(11)17/h1-7,12H,8H2. The quantitative estimate of drug-likeness (QED) is 0.751. The Morgan fingerprint density at radius 1 is 1.11 bits per heavy atom. The molecule has 1 nitrogen and oxygen atoms in total. The van der Waals surface area contributed by atoms with Crippen molar-refractivity contribution in [2.24, 2.45) is 0 Å². The average Bonchev–Trinajstić information content (AvgIpc) is 2.67. The van der Waals surface area contributed by atoms with E-state index in [-0.39, 0.29) is 17.5 Å². The van der Waals surface area contributed by atoms with Crippen LogP contribution in [0, 0.1) is 5.82 Å². The number of ketones is 1. The first-order valence-electron chi connectivity index (χ1n) is 5.74. The molecule has 1 atom stereocenters. The van der Waals surface area contributed by atoms with Crippen molar-refractivity contribution in [1.29, 1.82) is 0 Å². The highest BCUT2D eigenvalue weighted by molar-refractivity contribution is 6.31. The number of fused-ring (bicyclic) bond motifs is 1. The van der Waals surface area contributed by atoms with E-state index in [9.17, 15) is 9.18 Å². The summed E-state index contributed by atoms with van der Waals surface area (Å²) in [4.78, 5) is 11.9. The van der Waals surface area contributed by atoms with E-state index in [4.69, 9.17) is 11.6 Å². The smallest absolute Gasteiger partial charge is 0.164 e.